The molecule has 3 aromatic rings. The Morgan fingerprint density at radius 2 is 1.20 bits per heavy atom. The summed E-state index contributed by atoms with van der Waals surface area (Å²) in [6, 6.07) is 16.2. The van der Waals surface area contributed by atoms with Crippen LogP contribution in [0.25, 0.3) is 0 Å². The number of hydrogen-bond acceptors (Lipinski definition) is 6. The molecule has 2 aliphatic heterocycles. The van der Waals surface area contributed by atoms with E-state index in [1.807, 2.05) is 41.0 Å². The Hall–Kier alpha value is -2.52. The van der Waals surface area contributed by atoms with Crippen molar-refractivity contribution in [2.45, 2.75) is 39.3 Å². The molecule has 0 radical (unpaired) electrons. The molecule has 0 spiro atoms. The van der Waals surface area contributed by atoms with Gasteiger partial charge < -0.3 is 9.80 Å². The quantitative estimate of drug-likeness (QED) is 0.334. The summed E-state index contributed by atoms with van der Waals surface area (Å²) in [7, 11) is 0. The predicted molar refractivity (Wildman–Crippen MR) is 165 cm³/mol. The maximum atomic E-state index is 13.2. The number of aryl methyl sites for hydroxylation is 2. The predicted octanol–water partition coefficient (Wildman–Crippen LogP) is 4.34. The molecule has 0 bridgehead atoms. The Morgan fingerprint density at radius 3 is 1.68 bits per heavy atom. The van der Waals surface area contributed by atoms with Gasteiger partial charge in [-0.05, 0) is 55.8 Å². The topological polar surface area (TPSA) is 52.8 Å². The fraction of sp³-hybridized carbons (Fsp3) is 0.533. The number of anilines is 2. The van der Waals surface area contributed by atoms with E-state index in [1.54, 1.807) is 4.68 Å². The van der Waals surface area contributed by atoms with E-state index in [9.17, 15) is 4.79 Å². The average Bonchev–Trinajstić information content (AvgIpc) is 3.28. The lowest BCUT2D eigenvalue weighted by molar-refractivity contribution is 0.247. The van der Waals surface area contributed by atoms with Gasteiger partial charge in [0.05, 0.1) is 0 Å². The minimum Gasteiger partial charge on any atom is -0.369 e. The number of benzene rings is 2. The van der Waals surface area contributed by atoms with Crippen molar-refractivity contribution in [1.82, 2.24) is 24.1 Å². The smallest absolute Gasteiger partial charge is 0.345 e. The highest BCUT2D eigenvalue weighted by Gasteiger charge is 2.19. The van der Waals surface area contributed by atoms with Crippen LogP contribution in [0.15, 0.2) is 53.3 Å². The van der Waals surface area contributed by atoms with Gasteiger partial charge in [-0.1, -0.05) is 42.3 Å². The Bertz CT molecular complexity index is 1290. The van der Waals surface area contributed by atoms with Crippen molar-refractivity contribution in [2.75, 3.05) is 75.2 Å². The number of nitrogens with zero attached hydrogens (tertiary/aromatic N) is 7. The molecule has 1 aromatic heterocycles. The molecule has 2 aliphatic rings. The normalized spacial score (nSPS) is 17.1. The van der Waals surface area contributed by atoms with E-state index in [1.165, 1.54) is 11.4 Å². The van der Waals surface area contributed by atoms with Gasteiger partial charge in [-0.25, -0.2) is 9.48 Å². The minimum atomic E-state index is 0.0356. The van der Waals surface area contributed by atoms with E-state index in [2.05, 4.69) is 43.8 Å². The van der Waals surface area contributed by atoms with E-state index in [0.717, 1.165) is 107 Å². The summed E-state index contributed by atoms with van der Waals surface area (Å²) in [5.41, 5.74) is 2.42. The number of halogens is 2. The minimum absolute atomic E-state index is 0.0356. The van der Waals surface area contributed by atoms with Gasteiger partial charge >= 0.3 is 5.69 Å². The van der Waals surface area contributed by atoms with Gasteiger partial charge in [-0.2, -0.15) is 5.10 Å². The van der Waals surface area contributed by atoms with Crippen LogP contribution >= 0.6 is 23.2 Å². The van der Waals surface area contributed by atoms with Crippen molar-refractivity contribution in [3.8, 4) is 0 Å². The molecule has 2 aromatic carbocycles. The molecule has 5 rings (SSSR count). The van der Waals surface area contributed by atoms with Crippen LogP contribution in [0.1, 0.15) is 25.6 Å². The summed E-state index contributed by atoms with van der Waals surface area (Å²) in [4.78, 5) is 22.9. The first-order valence-corrected chi connectivity index (χ1v) is 15.4. The summed E-state index contributed by atoms with van der Waals surface area (Å²) in [6.07, 6.45) is 2.65. The lowest BCUT2D eigenvalue weighted by Gasteiger charge is -2.36. The van der Waals surface area contributed by atoms with Crippen LogP contribution in [-0.4, -0.2) is 89.6 Å². The first-order chi connectivity index (χ1) is 19.5. The van der Waals surface area contributed by atoms with Crippen LogP contribution in [0.2, 0.25) is 10.0 Å². The van der Waals surface area contributed by atoms with Crippen molar-refractivity contribution in [2.24, 2.45) is 0 Å². The number of rotatable bonds is 11. The second-order valence-corrected chi connectivity index (χ2v) is 11.6. The molecule has 10 heteroatoms. The SMILES string of the molecule is CCc1nn(CCCN2CCN(c3cccc(Cl)c3)CC2)c(=O)n1CCCN1CCN(c2cccc(Cl)c2)CC1. The zero-order valence-corrected chi connectivity index (χ0v) is 25.0. The number of hydrogen-bond donors (Lipinski definition) is 0. The first-order valence-electron chi connectivity index (χ1n) is 14.6. The Kier molecular flexibility index (Phi) is 10.1. The van der Waals surface area contributed by atoms with Crippen molar-refractivity contribution in [3.63, 3.8) is 0 Å². The van der Waals surface area contributed by atoms with E-state index in [-0.39, 0.29) is 5.69 Å². The third kappa shape index (κ3) is 7.40. The lowest BCUT2D eigenvalue weighted by Crippen LogP contribution is -2.47. The zero-order chi connectivity index (χ0) is 27.9. The number of piperazine rings is 2. The van der Waals surface area contributed by atoms with Crippen LogP contribution < -0.4 is 15.5 Å². The summed E-state index contributed by atoms with van der Waals surface area (Å²) in [6.45, 7) is 13.5. The molecule has 216 valence electrons. The van der Waals surface area contributed by atoms with Gasteiger partial charge in [-0.15, -0.1) is 0 Å². The first kappa shape index (κ1) is 29.0. The second kappa shape index (κ2) is 13.9. The molecule has 40 heavy (non-hydrogen) atoms. The molecule has 0 saturated carbocycles. The van der Waals surface area contributed by atoms with Crippen molar-refractivity contribution in [3.05, 3.63) is 74.9 Å². The van der Waals surface area contributed by atoms with Crippen molar-refractivity contribution < 1.29 is 0 Å². The Morgan fingerprint density at radius 1 is 0.700 bits per heavy atom. The molecule has 0 amide bonds. The highest BCUT2D eigenvalue weighted by molar-refractivity contribution is 6.31. The van der Waals surface area contributed by atoms with Gasteiger partial charge in [0.2, 0.25) is 0 Å². The highest BCUT2D eigenvalue weighted by Crippen LogP contribution is 2.22. The molecule has 2 fully saturated rings. The third-order valence-corrected chi connectivity index (χ3v) is 8.58. The molecule has 2 saturated heterocycles. The molecule has 0 N–H and O–H groups in total. The van der Waals surface area contributed by atoms with Crippen LogP contribution in [0, 0.1) is 0 Å². The van der Waals surface area contributed by atoms with Gasteiger partial charge in [0, 0.05) is 99.8 Å². The fourth-order valence-corrected chi connectivity index (χ4v) is 6.19. The number of aromatic nitrogens is 3. The van der Waals surface area contributed by atoms with E-state index in [4.69, 9.17) is 23.2 Å². The summed E-state index contributed by atoms with van der Waals surface area (Å²) in [5, 5.41) is 6.25. The van der Waals surface area contributed by atoms with E-state index in [0.29, 0.717) is 6.54 Å². The van der Waals surface area contributed by atoms with Crippen LogP contribution in [0.4, 0.5) is 11.4 Å². The molecule has 0 unspecified atom stereocenters. The van der Waals surface area contributed by atoms with Gasteiger partial charge in [0.1, 0.15) is 5.82 Å². The lowest BCUT2D eigenvalue weighted by atomic mass is 10.2. The largest absolute Gasteiger partial charge is 0.369 e. The van der Waals surface area contributed by atoms with E-state index < -0.39 is 0 Å². The zero-order valence-electron chi connectivity index (χ0n) is 23.5. The monoisotopic (exact) mass is 585 g/mol. The van der Waals surface area contributed by atoms with Crippen molar-refractivity contribution in [1.29, 1.82) is 0 Å². The second-order valence-electron chi connectivity index (χ2n) is 10.8. The average molecular weight is 587 g/mol. The molecule has 0 aliphatic carbocycles. The maximum Gasteiger partial charge on any atom is 0.345 e. The molecule has 8 nitrogen and oxygen atoms in total. The Labute approximate surface area is 247 Å². The Balaban J connectivity index is 1.04. The van der Waals surface area contributed by atoms with Crippen LogP contribution in [-0.2, 0) is 19.5 Å². The van der Waals surface area contributed by atoms with Crippen LogP contribution in [0.3, 0.4) is 0 Å². The van der Waals surface area contributed by atoms with Crippen molar-refractivity contribution >= 4 is 34.6 Å². The summed E-state index contributed by atoms with van der Waals surface area (Å²) < 4.78 is 3.58. The molecule has 3 heterocycles. The third-order valence-electron chi connectivity index (χ3n) is 8.11. The maximum absolute atomic E-state index is 13.2. The summed E-state index contributed by atoms with van der Waals surface area (Å²) >= 11 is 12.3. The van der Waals surface area contributed by atoms with Gasteiger partial charge in [0.25, 0.3) is 0 Å². The standard InChI is InChI=1S/C30H41Cl2N7O/c1-2-29-33-39(14-6-12-35-17-21-37(22-18-35)28-10-4-8-26(32)24-28)30(40)38(29)13-5-11-34-15-19-36(20-16-34)27-9-3-7-25(31)23-27/h3-4,7-10,23-24H,2,5-6,11-22H2,1H3. The molecular weight excluding hydrogens is 545 g/mol. The van der Waals surface area contributed by atoms with E-state index >= 15 is 0 Å². The molecule has 0 atom stereocenters. The summed E-state index contributed by atoms with van der Waals surface area (Å²) in [5.74, 6) is 0.894. The van der Waals surface area contributed by atoms with Gasteiger partial charge in [-0.3, -0.25) is 14.4 Å². The van der Waals surface area contributed by atoms with Gasteiger partial charge in [0.15, 0.2) is 0 Å². The fourth-order valence-electron chi connectivity index (χ4n) is 5.82. The molecular formula is C30H41Cl2N7O. The van der Waals surface area contributed by atoms with Crippen LogP contribution in [0.5, 0.6) is 0 Å². The highest BCUT2D eigenvalue weighted by atomic mass is 35.5.